The van der Waals surface area contributed by atoms with E-state index in [4.69, 9.17) is 0 Å². The quantitative estimate of drug-likeness (QED) is 0.760. The number of nitrogens with zero attached hydrogens (tertiary/aromatic N) is 4. The Balaban J connectivity index is 2.81. The molecule has 0 bridgehead atoms. The predicted octanol–water partition coefficient (Wildman–Crippen LogP) is 0.616. The maximum atomic E-state index is 12.6. The third-order valence-corrected chi connectivity index (χ3v) is 4.87. The zero-order valence-corrected chi connectivity index (χ0v) is 16.4. The van der Waals surface area contributed by atoms with E-state index in [0.29, 0.717) is 0 Å². The Kier molecular flexibility index (Phi) is 4.97. The van der Waals surface area contributed by atoms with Gasteiger partial charge in [0.05, 0.1) is 18.5 Å². The van der Waals surface area contributed by atoms with E-state index < -0.39 is 17.1 Å². The molecule has 2 heterocycles. The fourth-order valence-electron chi connectivity index (χ4n) is 3.60. The average Bonchev–Trinajstić information content (AvgIpc) is 2.78. The number of rotatable bonds is 4. The molecule has 2 aromatic heterocycles. The van der Waals surface area contributed by atoms with Crippen LogP contribution in [0.4, 0.5) is 0 Å². The van der Waals surface area contributed by atoms with Crippen LogP contribution in [-0.2, 0) is 20.5 Å². The third-order valence-electron chi connectivity index (χ3n) is 4.87. The van der Waals surface area contributed by atoms with E-state index in [-0.39, 0.29) is 24.1 Å². The molecule has 0 N–H and O–H groups in total. The topological polar surface area (TPSA) is 75.9 Å². The highest BCUT2D eigenvalue weighted by molar-refractivity contribution is 5.26. The summed E-state index contributed by atoms with van der Waals surface area (Å²) in [7, 11) is 2.81. The first-order valence-corrected chi connectivity index (χ1v) is 8.58. The summed E-state index contributed by atoms with van der Waals surface area (Å²) in [4.78, 5) is 24.5. The molecule has 0 radical (unpaired) electrons. The van der Waals surface area contributed by atoms with Crippen LogP contribution in [0.1, 0.15) is 62.6 Å². The highest BCUT2D eigenvalue weighted by Gasteiger charge is 2.30. The summed E-state index contributed by atoms with van der Waals surface area (Å²) < 4.78 is 6.33. The number of hydrogen-bond donors (Lipinski definition) is 0. The Morgan fingerprint density at radius 1 is 1.04 bits per heavy atom. The van der Waals surface area contributed by atoms with Gasteiger partial charge in [0, 0.05) is 33.5 Å². The van der Waals surface area contributed by atoms with E-state index in [9.17, 15) is 14.7 Å². The van der Waals surface area contributed by atoms with E-state index in [1.165, 1.54) is 14.1 Å². The summed E-state index contributed by atoms with van der Waals surface area (Å²) in [6.45, 7) is 12.4. The van der Waals surface area contributed by atoms with Crippen LogP contribution in [-0.4, -0.2) is 13.7 Å². The molecule has 0 aliphatic rings. The molecule has 0 amide bonds. The molecule has 0 atom stereocenters. The van der Waals surface area contributed by atoms with Crippen molar-refractivity contribution in [3.8, 4) is 5.88 Å². The molecule has 0 unspecified atom stereocenters. The van der Waals surface area contributed by atoms with Gasteiger partial charge in [-0.2, -0.15) is 0 Å². The van der Waals surface area contributed by atoms with Gasteiger partial charge >= 0.3 is 5.69 Å². The first kappa shape index (κ1) is 19.0. The van der Waals surface area contributed by atoms with E-state index in [2.05, 4.69) is 50.7 Å². The molecule has 7 nitrogen and oxygen atoms in total. The van der Waals surface area contributed by atoms with Crippen LogP contribution < -0.4 is 20.9 Å². The molecule has 2 aromatic rings. The van der Waals surface area contributed by atoms with Gasteiger partial charge in [0.15, 0.2) is 0 Å². The van der Waals surface area contributed by atoms with Crippen molar-refractivity contribution in [1.82, 2.24) is 13.7 Å². The minimum atomic E-state index is -0.595. The summed E-state index contributed by atoms with van der Waals surface area (Å²) in [5.74, 6) is 0.392. The fraction of sp³-hybridized carbons (Fsp3) is 0.611. The first-order chi connectivity index (χ1) is 11.5. The molecule has 7 heteroatoms. The summed E-state index contributed by atoms with van der Waals surface area (Å²) in [5.41, 5.74) is 1.25. The van der Waals surface area contributed by atoms with Crippen molar-refractivity contribution in [2.45, 2.75) is 60.0 Å². The van der Waals surface area contributed by atoms with E-state index in [0.717, 1.165) is 26.3 Å². The number of imidazole rings is 1. The lowest BCUT2D eigenvalue weighted by molar-refractivity contribution is -0.727. The van der Waals surface area contributed by atoms with Gasteiger partial charge in [0.2, 0.25) is 0 Å². The Labute approximate surface area is 147 Å². The van der Waals surface area contributed by atoms with Crippen LogP contribution in [0.2, 0.25) is 0 Å². The Bertz CT molecular complexity index is 898. The maximum Gasteiger partial charge on any atom is 0.329 e. The maximum absolute atomic E-state index is 12.6. The van der Waals surface area contributed by atoms with Gasteiger partial charge in [0.25, 0.3) is 11.4 Å². The second kappa shape index (κ2) is 6.54. The zero-order chi connectivity index (χ0) is 19.2. The second-order valence-corrected chi connectivity index (χ2v) is 7.18. The molecule has 0 saturated heterocycles. The summed E-state index contributed by atoms with van der Waals surface area (Å²) in [6.07, 6.45) is 0.199. The van der Waals surface area contributed by atoms with Crippen molar-refractivity contribution in [2.24, 2.45) is 14.1 Å². The molecule has 0 fully saturated rings. The summed E-state index contributed by atoms with van der Waals surface area (Å²) >= 11 is 0. The Morgan fingerprint density at radius 2 is 1.60 bits per heavy atom. The van der Waals surface area contributed by atoms with Crippen molar-refractivity contribution < 1.29 is 9.67 Å². The van der Waals surface area contributed by atoms with Gasteiger partial charge in [-0.15, -0.1) is 0 Å². The predicted molar refractivity (Wildman–Crippen MR) is 94.0 cm³/mol. The van der Waals surface area contributed by atoms with Crippen LogP contribution in [0.5, 0.6) is 5.88 Å². The Hall–Kier alpha value is -2.31. The van der Waals surface area contributed by atoms with E-state index in [1.54, 1.807) is 0 Å². The molecule has 0 saturated carbocycles. The zero-order valence-electron chi connectivity index (χ0n) is 16.4. The van der Waals surface area contributed by atoms with Crippen molar-refractivity contribution in [2.75, 3.05) is 0 Å². The van der Waals surface area contributed by atoms with Gasteiger partial charge < -0.3 is 9.67 Å². The number of hydrogen-bond acceptors (Lipinski definition) is 3. The lowest BCUT2D eigenvalue weighted by Gasteiger charge is -2.19. The highest BCUT2D eigenvalue weighted by atomic mass is 16.3. The number of aromatic nitrogens is 4. The smallest absolute Gasteiger partial charge is 0.329 e. The van der Waals surface area contributed by atoms with Crippen LogP contribution in [0.25, 0.3) is 0 Å². The minimum Gasteiger partial charge on any atom is -0.860 e. The molecular formula is C18H28N4O3. The molecule has 25 heavy (non-hydrogen) atoms. The lowest BCUT2D eigenvalue weighted by Crippen LogP contribution is -2.45. The average molecular weight is 348 g/mol. The first-order valence-electron chi connectivity index (χ1n) is 8.58. The van der Waals surface area contributed by atoms with Gasteiger partial charge in [-0.25, -0.2) is 13.9 Å². The minimum absolute atomic E-state index is 0.124. The summed E-state index contributed by atoms with van der Waals surface area (Å²) in [5, 5.41) is 12.6. The molecular weight excluding hydrogens is 320 g/mol. The molecule has 0 aliphatic carbocycles. The normalized spacial score (nSPS) is 11.8. The van der Waals surface area contributed by atoms with Gasteiger partial charge in [-0.05, 0) is 33.6 Å². The van der Waals surface area contributed by atoms with Crippen molar-refractivity contribution in [3.05, 3.63) is 43.6 Å². The molecule has 0 spiro atoms. The Morgan fingerprint density at radius 3 is 2.08 bits per heavy atom. The van der Waals surface area contributed by atoms with Crippen molar-refractivity contribution in [1.29, 1.82) is 0 Å². The van der Waals surface area contributed by atoms with E-state index >= 15 is 0 Å². The van der Waals surface area contributed by atoms with E-state index in [1.807, 2.05) is 0 Å². The van der Waals surface area contributed by atoms with Crippen molar-refractivity contribution >= 4 is 0 Å². The van der Waals surface area contributed by atoms with Crippen LogP contribution in [0.3, 0.4) is 0 Å². The fourth-order valence-corrected chi connectivity index (χ4v) is 3.60. The van der Waals surface area contributed by atoms with Crippen LogP contribution >= 0.6 is 0 Å². The van der Waals surface area contributed by atoms with Crippen molar-refractivity contribution in [3.63, 3.8) is 0 Å². The largest absolute Gasteiger partial charge is 0.860 e. The lowest BCUT2D eigenvalue weighted by atomic mass is 10.2. The third kappa shape index (κ3) is 2.92. The molecule has 0 aromatic carbocycles. The highest BCUT2D eigenvalue weighted by Crippen LogP contribution is 2.20. The molecule has 0 aliphatic heterocycles. The van der Waals surface area contributed by atoms with Crippen LogP contribution in [0.15, 0.2) is 9.59 Å². The monoisotopic (exact) mass is 348 g/mol. The van der Waals surface area contributed by atoms with Crippen LogP contribution in [0, 0.1) is 13.8 Å². The van der Waals surface area contributed by atoms with Gasteiger partial charge in [-0.1, -0.05) is 0 Å². The second-order valence-electron chi connectivity index (χ2n) is 7.18. The standard InChI is InChI=1S/C18H28N4O3/c1-10(2)21-12(5)13(6)22(11(3)4)15(21)9-14-16(23)19(7)18(25)20(8)17(14)24/h10-11H,9H2,1-8H3. The molecule has 138 valence electrons. The summed E-state index contributed by atoms with van der Waals surface area (Å²) in [6, 6.07) is 0.389. The van der Waals surface area contributed by atoms with Gasteiger partial charge in [0.1, 0.15) is 11.4 Å². The SMILES string of the molecule is Cc1c(C)[n+](C(C)C)c(Cc2c([O-])n(C)c(=O)n(C)c2=O)n1C(C)C. The molecule has 2 rings (SSSR count). The van der Waals surface area contributed by atoms with Gasteiger partial charge in [-0.3, -0.25) is 9.36 Å².